The van der Waals surface area contributed by atoms with Crippen molar-refractivity contribution in [3.8, 4) is 0 Å². The minimum absolute atomic E-state index is 0.130. The molecule has 1 aromatic heterocycles. The summed E-state index contributed by atoms with van der Waals surface area (Å²) in [5.41, 5.74) is 1.00. The molecule has 1 fully saturated rings. The zero-order chi connectivity index (χ0) is 15.4. The molecule has 0 spiro atoms. The summed E-state index contributed by atoms with van der Waals surface area (Å²) in [4.78, 5) is 32.0. The predicted molar refractivity (Wildman–Crippen MR) is 80.9 cm³/mol. The van der Waals surface area contributed by atoms with Gasteiger partial charge in [0.25, 0.3) is 0 Å². The minimum atomic E-state index is -0.632. The number of pyridine rings is 1. The molecule has 0 unspecified atom stereocenters. The van der Waals surface area contributed by atoms with Crippen molar-refractivity contribution in [2.75, 3.05) is 32.5 Å². The number of likely N-dealkylation sites (tertiary alicyclic amines) is 1. The van der Waals surface area contributed by atoms with Gasteiger partial charge in [-0.05, 0) is 51.5 Å². The summed E-state index contributed by atoms with van der Waals surface area (Å²) in [6.45, 7) is 3.81. The summed E-state index contributed by atoms with van der Waals surface area (Å²) in [6.07, 6.45) is 3.45. The zero-order valence-corrected chi connectivity index (χ0v) is 12.8. The number of piperidine rings is 1. The fraction of sp³-hybridized carbons (Fsp3) is 0.533. The van der Waals surface area contributed by atoms with E-state index in [0.717, 1.165) is 31.5 Å². The number of likely N-dealkylation sites (N-methyl/N-ethyl adjacent to an activating group) is 1. The summed E-state index contributed by atoms with van der Waals surface area (Å²) in [5, 5.41) is 2.55. The van der Waals surface area contributed by atoms with Crippen molar-refractivity contribution in [2.24, 2.45) is 0 Å². The maximum Gasteiger partial charge on any atom is 0.315 e. The molecule has 0 aliphatic carbocycles. The van der Waals surface area contributed by atoms with Crippen LogP contribution in [0.25, 0.3) is 0 Å². The largest absolute Gasteiger partial charge is 0.334 e. The Morgan fingerprint density at radius 2 is 2.00 bits per heavy atom. The number of aromatic nitrogens is 1. The van der Waals surface area contributed by atoms with Crippen LogP contribution >= 0.6 is 0 Å². The van der Waals surface area contributed by atoms with Gasteiger partial charge >= 0.3 is 11.8 Å². The molecule has 2 amide bonds. The van der Waals surface area contributed by atoms with Crippen LogP contribution in [0, 0.1) is 6.92 Å². The molecular weight excluding hydrogens is 268 g/mol. The Bertz CT molecular complexity index is 507. The minimum Gasteiger partial charge on any atom is -0.334 e. The number of carbonyl (C=O) groups is 2. The van der Waals surface area contributed by atoms with Gasteiger partial charge in [0.05, 0.1) is 0 Å². The highest BCUT2D eigenvalue weighted by Gasteiger charge is 2.27. The van der Waals surface area contributed by atoms with Crippen molar-refractivity contribution in [3.63, 3.8) is 0 Å². The number of hydrogen-bond acceptors (Lipinski definition) is 4. The van der Waals surface area contributed by atoms with Crippen LogP contribution in [0.2, 0.25) is 0 Å². The van der Waals surface area contributed by atoms with E-state index in [1.165, 1.54) is 0 Å². The molecule has 1 N–H and O–H groups in total. The van der Waals surface area contributed by atoms with E-state index in [9.17, 15) is 9.59 Å². The van der Waals surface area contributed by atoms with Gasteiger partial charge < -0.3 is 15.1 Å². The lowest BCUT2D eigenvalue weighted by molar-refractivity contribution is -0.144. The van der Waals surface area contributed by atoms with E-state index in [0.29, 0.717) is 5.82 Å². The first-order chi connectivity index (χ1) is 9.97. The fourth-order valence-electron chi connectivity index (χ4n) is 2.42. The summed E-state index contributed by atoms with van der Waals surface area (Å²) in [6, 6.07) is 3.66. The first kappa shape index (κ1) is 15.4. The van der Waals surface area contributed by atoms with Crippen molar-refractivity contribution in [1.82, 2.24) is 14.8 Å². The molecule has 1 saturated heterocycles. The monoisotopic (exact) mass is 290 g/mol. The molecule has 0 radical (unpaired) electrons. The number of nitrogens with zero attached hydrogens (tertiary/aromatic N) is 3. The smallest absolute Gasteiger partial charge is 0.315 e. The maximum atomic E-state index is 12.2. The molecule has 114 valence electrons. The third-order valence-electron chi connectivity index (χ3n) is 3.90. The quantitative estimate of drug-likeness (QED) is 0.821. The Labute approximate surface area is 125 Å². The average Bonchev–Trinajstić information content (AvgIpc) is 2.49. The highest BCUT2D eigenvalue weighted by molar-refractivity contribution is 6.39. The third-order valence-corrected chi connectivity index (χ3v) is 3.90. The van der Waals surface area contributed by atoms with Crippen LogP contribution in [-0.2, 0) is 9.59 Å². The standard InChI is InChI=1S/C15H22N4O2/c1-11-4-5-13(16-10-11)17-14(20)15(21)19(3)12-6-8-18(2)9-7-12/h4-5,10,12H,6-9H2,1-3H3,(H,16,17,20). The molecule has 1 aliphatic heterocycles. The van der Waals surface area contributed by atoms with Crippen LogP contribution in [0.4, 0.5) is 5.82 Å². The number of rotatable bonds is 2. The van der Waals surface area contributed by atoms with Crippen LogP contribution in [0.3, 0.4) is 0 Å². The molecule has 1 aromatic rings. The predicted octanol–water partition coefficient (Wildman–Crippen LogP) is 0.881. The van der Waals surface area contributed by atoms with E-state index in [4.69, 9.17) is 0 Å². The Morgan fingerprint density at radius 1 is 1.33 bits per heavy atom. The summed E-state index contributed by atoms with van der Waals surface area (Å²) >= 11 is 0. The average molecular weight is 290 g/mol. The summed E-state index contributed by atoms with van der Waals surface area (Å²) in [7, 11) is 3.76. The van der Waals surface area contributed by atoms with Crippen LogP contribution in [0.15, 0.2) is 18.3 Å². The van der Waals surface area contributed by atoms with Gasteiger partial charge in [-0.2, -0.15) is 0 Å². The van der Waals surface area contributed by atoms with Gasteiger partial charge in [-0.1, -0.05) is 6.07 Å². The lowest BCUT2D eigenvalue weighted by Crippen LogP contribution is -2.47. The summed E-state index contributed by atoms with van der Waals surface area (Å²) in [5.74, 6) is -0.740. The van der Waals surface area contributed by atoms with Gasteiger partial charge in [0, 0.05) is 19.3 Å². The SMILES string of the molecule is Cc1ccc(NC(=O)C(=O)N(C)C2CCN(C)CC2)nc1. The second kappa shape index (κ2) is 6.67. The molecule has 6 heteroatoms. The van der Waals surface area contributed by atoms with E-state index < -0.39 is 11.8 Å². The van der Waals surface area contributed by atoms with Crippen LogP contribution in [-0.4, -0.2) is 59.8 Å². The number of amides is 2. The molecular formula is C15H22N4O2. The van der Waals surface area contributed by atoms with Crippen LogP contribution in [0.1, 0.15) is 18.4 Å². The number of anilines is 1. The van der Waals surface area contributed by atoms with Crippen molar-refractivity contribution in [3.05, 3.63) is 23.9 Å². The van der Waals surface area contributed by atoms with Gasteiger partial charge in [0.2, 0.25) is 0 Å². The van der Waals surface area contributed by atoms with Gasteiger partial charge in [-0.25, -0.2) is 4.98 Å². The second-order valence-corrected chi connectivity index (χ2v) is 5.63. The lowest BCUT2D eigenvalue weighted by atomic mass is 10.0. The van der Waals surface area contributed by atoms with Crippen molar-refractivity contribution in [2.45, 2.75) is 25.8 Å². The third kappa shape index (κ3) is 4.01. The van der Waals surface area contributed by atoms with Gasteiger partial charge in [-0.15, -0.1) is 0 Å². The molecule has 1 aliphatic rings. The van der Waals surface area contributed by atoms with Gasteiger partial charge in [0.1, 0.15) is 5.82 Å². The summed E-state index contributed by atoms with van der Waals surface area (Å²) < 4.78 is 0. The Kier molecular flexibility index (Phi) is 4.90. The molecule has 2 rings (SSSR count). The van der Waals surface area contributed by atoms with E-state index in [1.54, 1.807) is 24.2 Å². The Balaban J connectivity index is 1.92. The van der Waals surface area contributed by atoms with Crippen molar-refractivity contribution < 1.29 is 9.59 Å². The number of hydrogen-bond donors (Lipinski definition) is 1. The maximum absolute atomic E-state index is 12.2. The molecule has 0 aromatic carbocycles. The van der Waals surface area contributed by atoms with Crippen LogP contribution in [0.5, 0.6) is 0 Å². The molecule has 0 bridgehead atoms. The van der Waals surface area contributed by atoms with E-state index >= 15 is 0 Å². The number of aryl methyl sites for hydroxylation is 1. The number of carbonyl (C=O) groups excluding carboxylic acids is 2. The van der Waals surface area contributed by atoms with Gasteiger partial charge in [-0.3, -0.25) is 9.59 Å². The normalized spacial score (nSPS) is 16.5. The molecule has 0 atom stereocenters. The van der Waals surface area contributed by atoms with E-state index in [-0.39, 0.29) is 6.04 Å². The van der Waals surface area contributed by atoms with Gasteiger partial charge in [0.15, 0.2) is 0 Å². The topological polar surface area (TPSA) is 65.5 Å². The highest BCUT2D eigenvalue weighted by Crippen LogP contribution is 2.14. The van der Waals surface area contributed by atoms with E-state index in [2.05, 4.69) is 22.2 Å². The zero-order valence-electron chi connectivity index (χ0n) is 12.8. The molecule has 6 nitrogen and oxygen atoms in total. The number of nitrogens with one attached hydrogen (secondary N) is 1. The molecule has 0 saturated carbocycles. The Morgan fingerprint density at radius 3 is 2.57 bits per heavy atom. The Hall–Kier alpha value is -1.95. The molecule has 2 heterocycles. The first-order valence-corrected chi connectivity index (χ1v) is 7.16. The first-order valence-electron chi connectivity index (χ1n) is 7.16. The highest BCUT2D eigenvalue weighted by atomic mass is 16.2. The van der Waals surface area contributed by atoms with Crippen LogP contribution < -0.4 is 5.32 Å². The second-order valence-electron chi connectivity index (χ2n) is 5.63. The fourth-order valence-corrected chi connectivity index (χ4v) is 2.42. The van der Waals surface area contributed by atoms with Crippen molar-refractivity contribution >= 4 is 17.6 Å². The van der Waals surface area contributed by atoms with E-state index in [1.807, 2.05) is 13.0 Å². The molecule has 21 heavy (non-hydrogen) atoms. The lowest BCUT2D eigenvalue weighted by Gasteiger charge is -2.34. The van der Waals surface area contributed by atoms with Crippen molar-refractivity contribution in [1.29, 1.82) is 0 Å².